The van der Waals surface area contributed by atoms with Crippen molar-refractivity contribution in [2.24, 2.45) is 5.73 Å². The normalized spacial score (nSPS) is 37.8. The predicted molar refractivity (Wildman–Crippen MR) is 51.0 cm³/mol. The largest absolute Gasteiger partial charge is 0.326 e. The Hall–Kier alpha value is -0.0800. The van der Waals surface area contributed by atoms with E-state index in [0.717, 1.165) is 6.04 Å². The van der Waals surface area contributed by atoms with E-state index in [1.54, 1.807) is 0 Å². The van der Waals surface area contributed by atoms with Crippen molar-refractivity contribution in [3.05, 3.63) is 0 Å². The van der Waals surface area contributed by atoms with Gasteiger partial charge in [0.2, 0.25) is 0 Å². The third kappa shape index (κ3) is 1.80. The van der Waals surface area contributed by atoms with Crippen LogP contribution in [0.3, 0.4) is 0 Å². The smallest absolute Gasteiger partial charge is 0.0221 e. The first-order valence-corrected chi connectivity index (χ1v) is 5.38. The molecule has 3 N–H and O–H groups in total. The van der Waals surface area contributed by atoms with Crippen molar-refractivity contribution >= 4 is 0 Å². The molecule has 0 aromatic rings. The molecule has 2 aliphatic carbocycles. The zero-order valence-corrected chi connectivity index (χ0v) is 7.76. The first kappa shape index (κ1) is 8.52. The lowest BCUT2D eigenvalue weighted by molar-refractivity contribution is 0.407. The number of hydrogen-bond donors (Lipinski definition) is 2. The van der Waals surface area contributed by atoms with Crippen molar-refractivity contribution in [2.45, 2.75) is 63.1 Å². The first-order chi connectivity index (χ1) is 5.86. The average molecular weight is 168 g/mol. The molecule has 2 heteroatoms. The average Bonchev–Trinajstić information content (AvgIpc) is 2.65. The van der Waals surface area contributed by atoms with Gasteiger partial charge in [-0.15, -0.1) is 0 Å². The molecule has 0 amide bonds. The van der Waals surface area contributed by atoms with Gasteiger partial charge in [0.15, 0.2) is 0 Å². The van der Waals surface area contributed by atoms with Crippen LogP contribution in [-0.4, -0.2) is 18.1 Å². The first-order valence-electron chi connectivity index (χ1n) is 5.38. The van der Waals surface area contributed by atoms with Crippen molar-refractivity contribution in [1.29, 1.82) is 0 Å². The summed E-state index contributed by atoms with van der Waals surface area (Å²) in [6.07, 6.45) is 9.44. The van der Waals surface area contributed by atoms with Crippen LogP contribution in [-0.2, 0) is 0 Å². The fourth-order valence-corrected chi connectivity index (χ4v) is 2.59. The molecule has 0 aromatic heterocycles. The highest BCUT2D eigenvalue weighted by Gasteiger charge is 2.26. The van der Waals surface area contributed by atoms with Gasteiger partial charge in [-0.2, -0.15) is 0 Å². The van der Waals surface area contributed by atoms with Crippen LogP contribution in [0.4, 0.5) is 0 Å². The minimum absolute atomic E-state index is 0.436. The highest BCUT2D eigenvalue weighted by molar-refractivity contribution is 4.89. The van der Waals surface area contributed by atoms with E-state index in [0.29, 0.717) is 12.1 Å². The minimum atomic E-state index is 0.436. The summed E-state index contributed by atoms with van der Waals surface area (Å²) in [6.45, 7) is 0. The molecule has 0 radical (unpaired) electrons. The Balaban J connectivity index is 1.77. The Morgan fingerprint density at radius 1 is 0.917 bits per heavy atom. The molecule has 2 rings (SSSR count). The molecule has 2 saturated carbocycles. The molecular formula is C10H20N2. The summed E-state index contributed by atoms with van der Waals surface area (Å²) in [5.74, 6) is 0. The van der Waals surface area contributed by atoms with Crippen LogP contribution in [0.25, 0.3) is 0 Å². The monoisotopic (exact) mass is 168 g/mol. The lowest BCUT2D eigenvalue weighted by Crippen LogP contribution is -2.45. The molecule has 0 heterocycles. The molecule has 0 saturated heterocycles. The van der Waals surface area contributed by atoms with Crippen LogP contribution in [0.2, 0.25) is 0 Å². The van der Waals surface area contributed by atoms with Gasteiger partial charge in [0, 0.05) is 18.1 Å². The maximum absolute atomic E-state index is 5.99. The molecular weight excluding hydrogens is 148 g/mol. The van der Waals surface area contributed by atoms with E-state index < -0.39 is 0 Å². The maximum atomic E-state index is 5.99. The second-order valence-corrected chi connectivity index (χ2v) is 4.35. The van der Waals surface area contributed by atoms with E-state index in [-0.39, 0.29) is 0 Å². The maximum Gasteiger partial charge on any atom is 0.0221 e. The minimum Gasteiger partial charge on any atom is -0.326 e. The highest BCUT2D eigenvalue weighted by atomic mass is 15.0. The Kier molecular flexibility index (Phi) is 2.66. The summed E-state index contributed by atoms with van der Waals surface area (Å²) in [7, 11) is 0. The van der Waals surface area contributed by atoms with Gasteiger partial charge < -0.3 is 11.1 Å². The second kappa shape index (κ2) is 3.75. The predicted octanol–water partition coefficient (Wildman–Crippen LogP) is 1.40. The topological polar surface area (TPSA) is 38.0 Å². The summed E-state index contributed by atoms with van der Waals surface area (Å²) < 4.78 is 0. The van der Waals surface area contributed by atoms with Crippen LogP contribution in [0, 0.1) is 0 Å². The van der Waals surface area contributed by atoms with Gasteiger partial charge in [0.1, 0.15) is 0 Å². The number of nitrogens with one attached hydrogen (secondary N) is 1. The summed E-state index contributed by atoms with van der Waals surface area (Å²) in [4.78, 5) is 0. The van der Waals surface area contributed by atoms with E-state index in [1.165, 1.54) is 44.9 Å². The second-order valence-electron chi connectivity index (χ2n) is 4.35. The van der Waals surface area contributed by atoms with E-state index in [9.17, 15) is 0 Å². The van der Waals surface area contributed by atoms with Crippen LogP contribution >= 0.6 is 0 Å². The Bertz CT molecular complexity index is 141. The van der Waals surface area contributed by atoms with Gasteiger partial charge in [0.05, 0.1) is 0 Å². The number of hydrogen-bond acceptors (Lipinski definition) is 2. The lowest BCUT2D eigenvalue weighted by Gasteiger charge is -2.21. The van der Waals surface area contributed by atoms with Gasteiger partial charge in [-0.1, -0.05) is 19.3 Å². The number of rotatable bonds is 2. The van der Waals surface area contributed by atoms with Crippen molar-refractivity contribution in [3.63, 3.8) is 0 Å². The Morgan fingerprint density at radius 3 is 2.25 bits per heavy atom. The van der Waals surface area contributed by atoms with Gasteiger partial charge in [-0.25, -0.2) is 0 Å². The van der Waals surface area contributed by atoms with Crippen LogP contribution < -0.4 is 11.1 Å². The molecule has 2 fully saturated rings. The zero-order valence-electron chi connectivity index (χ0n) is 7.76. The van der Waals surface area contributed by atoms with Crippen LogP contribution in [0.1, 0.15) is 44.9 Å². The van der Waals surface area contributed by atoms with Crippen LogP contribution in [0.5, 0.6) is 0 Å². The molecule has 2 aliphatic rings. The van der Waals surface area contributed by atoms with Gasteiger partial charge in [-0.05, 0) is 25.7 Å². The quantitative estimate of drug-likeness (QED) is 0.654. The van der Waals surface area contributed by atoms with Gasteiger partial charge >= 0.3 is 0 Å². The van der Waals surface area contributed by atoms with Crippen molar-refractivity contribution in [1.82, 2.24) is 5.32 Å². The fourth-order valence-electron chi connectivity index (χ4n) is 2.59. The van der Waals surface area contributed by atoms with E-state index in [2.05, 4.69) is 5.32 Å². The highest BCUT2D eigenvalue weighted by Crippen LogP contribution is 2.23. The van der Waals surface area contributed by atoms with E-state index in [1.807, 2.05) is 0 Å². The summed E-state index contributed by atoms with van der Waals surface area (Å²) in [6, 6.07) is 1.86. The van der Waals surface area contributed by atoms with Crippen molar-refractivity contribution < 1.29 is 0 Å². The van der Waals surface area contributed by atoms with Crippen LogP contribution in [0.15, 0.2) is 0 Å². The summed E-state index contributed by atoms with van der Waals surface area (Å²) >= 11 is 0. The third-order valence-corrected chi connectivity index (χ3v) is 3.37. The Labute approximate surface area is 74.9 Å². The summed E-state index contributed by atoms with van der Waals surface area (Å²) in [5, 5.41) is 3.70. The van der Waals surface area contributed by atoms with E-state index in [4.69, 9.17) is 5.73 Å². The molecule has 12 heavy (non-hydrogen) atoms. The molecule has 0 spiro atoms. The molecule has 0 aliphatic heterocycles. The zero-order chi connectivity index (χ0) is 8.39. The Morgan fingerprint density at radius 2 is 1.67 bits per heavy atom. The molecule has 0 aromatic carbocycles. The molecule has 2 atom stereocenters. The fraction of sp³-hybridized carbons (Fsp3) is 1.00. The van der Waals surface area contributed by atoms with Gasteiger partial charge in [0.25, 0.3) is 0 Å². The van der Waals surface area contributed by atoms with E-state index >= 15 is 0 Å². The SMILES string of the molecule is N[C@H]1CCC[C@@H]1NC1CCCC1. The lowest BCUT2D eigenvalue weighted by atomic mass is 10.1. The standard InChI is InChI=1S/C10H20N2/c11-9-6-3-7-10(9)12-8-4-1-2-5-8/h8-10,12H,1-7,11H2/t9-,10-/m0/s1. The number of nitrogens with two attached hydrogens (primary N) is 1. The molecule has 2 nitrogen and oxygen atoms in total. The third-order valence-electron chi connectivity index (χ3n) is 3.37. The molecule has 0 unspecified atom stereocenters. The summed E-state index contributed by atoms with van der Waals surface area (Å²) in [5.41, 5.74) is 5.99. The van der Waals surface area contributed by atoms with Gasteiger partial charge in [-0.3, -0.25) is 0 Å². The molecule has 0 bridgehead atoms. The van der Waals surface area contributed by atoms with Crippen molar-refractivity contribution in [3.8, 4) is 0 Å². The molecule has 70 valence electrons. The van der Waals surface area contributed by atoms with Crippen molar-refractivity contribution in [2.75, 3.05) is 0 Å².